The quantitative estimate of drug-likeness (QED) is 0.602. The maximum absolute atomic E-state index is 11.9. The van der Waals surface area contributed by atoms with Crippen LogP contribution in [0.4, 0.5) is 4.79 Å². The monoisotopic (exact) mass is 286 g/mol. The van der Waals surface area contributed by atoms with E-state index in [0.29, 0.717) is 13.2 Å². The number of nitrogens with one attached hydrogen (secondary N) is 2. The van der Waals surface area contributed by atoms with E-state index in [1.165, 1.54) is 0 Å². The lowest BCUT2D eigenvalue weighted by molar-refractivity contribution is -0.141. The van der Waals surface area contributed by atoms with Gasteiger partial charge in [-0.1, -0.05) is 19.8 Å². The molecular formula is C14H26N2O4. The van der Waals surface area contributed by atoms with Crippen molar-refractivity contribution in [2.45, 2.75) is 51.5 Å². The van der Waals surface area contributed by atoms with Crippen LogP contribution in [0.5, 0.6) is 0 Å². The molecule has 0 saturated heterocycles. The summed E-state index contributed by atoms with van der Waals surface area (Å²) in [5.74, 6) is -0.796. The number of hydrogen-bond donors (Lipinski definition) is 3. The van der Waals surface area contributed by atoms with Gasteiger partial charge in [-0.3, -0.25) is 4.79 Å². The normalized spacial score (nSPS) is 17.9. The SMILES string of the molecule is CCCC(COC)NC(=O)NCC1(CC(=O)O)CCC1. The standard InChI is InChI=1S/C14H26N2O4/c1-3-5-11(9-20-2)16-13(19)15-10-14(6-4-7-14)8-12(17)18/h11H,3-10H2,1-2H3,(H,17,18)(H2,15,16,19). The van der Waals surface area contributed by atoms with E-state index in [-0.39, 0.29) is 23.9 Å². The Bertz CT molecular complexity index is 323. The van der Waals surface area contributed by atoms with Crippen molar-refractivity contribution < 1.29 is 19.4 Å². The average molecular weight is 286 g/mol. The Balaban J connectivity index is 2.35. The predicted molar refractivity (Wildman–Crippen MR) is 75.6 cm³/mol. The molecule has 3 N–H and O–H groups in total. The van der Waals surface area contributed by atoms with Crippen LogP contribution in [-0.2, 0) is 9.53 Å². The lowest BCUT2D eigenvalue weighted by Gasteiger charge is -2.40. The lowest BCUT2D eigenvalue weighted by Crippen LogP contribution is -2.49. The summed E-state index contributed by atoms with van der Waals surface area (Å²) in [5.41, 5.74) is -0.245. The molecule has 6 heteroatoms. The van der Waals surface area contributed by atoms with Crippen molar-refractivity contribution in [3.8, 4) is 0 Å². The van der Waals surface area contributed by atoms with Gasteiger partial charge in [0.05, 0.1) is 19.1 Å². The molecule has 1 aliphatic rings. The molecule has 0 aromatic carbocycles. The summed E-state index contributed by atoms with van der Waals surface area (Å²) in [6.45, 7) is 2.97. The van der Waals surface area contributed by atoms with Gasteiger partial charge in [-0.2, -0.15) is 0 Å². The van der Waals surface area contributed by atoms with E-state index in [9.17, 15) is 9.59 Å². The molecule has 6 nitrogen and oxygen atoms in total. The minimum Gasteiger partial charge on any atom is -0.481 e. The number of carbonyl (C=O) groups excluding carboxylic acids is 1. The fourth-order valence-electron chi connectivity index (χ4n) is 2.66. The Labute approximate surface area is 120 Å². The number of methoxy groups -OCH3 is 1. The predicted octanol–water partition coefficient (Wildman–Crippen LogP) is 1.75. The number of carbonyl (C=O) groups is 2. The van der Waals surface area contributed by atoms with Gasteiger partial charge >= 0.3 is 12.0 Å². The molecule has 0 aromatic rings. The van der Waals surface area contributed by atoms with Gasteiger partial charge in [-0.05, 0) is 24.7 Å². The molecule has 20 heavy (non-hydrogen) atoms. The molecule has 1 aliphatic carbocycles. The van der Waals surface area contributed by atoms with Crippen molar-refractivity contribution >= 4 is 12.0 Å². The van der Waals surface area contributed by atoms with E-state index in [4.69, 9.17) is 9.84 Å². The Hall–Kier alpha value is -1.30. The van der Waals surface area contributed by atoms with Gasteiger partial charge in [0, 0.05) is 13.7 Å². The van der Waals surface area contributed by atoms with Crippen LogP contribution in [0.15, 0.2) is 0 Å². The topological polar surface area (TPSA) is 87.7 Å². The summed E-state index contributed by atoms with van der Waals surface area (Å²) < 4.78 is 5.07. The van der Waals surface area contributed by atoms with Crippen molar-refractivity contribution in [2.75, 3.05) is 20.3 Å². The number of urea groups is 1. The van der Waals surface area contributed by atoms with Crippen LogP contribution in [0.3, 0.4) is 0 Å². The Morgan fingerprint density at radius 1 is 1.40 bits per heavy atom. The summed E-state index contributed by atoms with van der Waals surface area (Å²) in [5, 5.41) is 14.6. The first-order valence-corrected chi connectivity index (χ1v) is 7.26. The second-order valence-electron chi connectivity index (χ2n) is 5.69. The zero-order valence-corrected chi connectivity index (χ0v) is 12.4. The molecular weight excluding hydrogens is 260 g/mol. The van der Waals surface area contributed by atoms with Crippen molar-refractivity contribution in [1.29, 1.82) is 0 Å². The van der Waals surface area contributed by atoms with Gasteiger partial charge in [0.25, 0.3) is 0 Å². The van der Waals surface area contributed by atoms with Crippen LogP contribution >= 0.6 is 0 Å². The summed E-state index contributed by atoms with van der Waals surface area (Å²) in [6, 6.07) is -0.237. The summed E-state index contributed by atoms with van der Waals surface area (Å²) in [6.07, 6.45) is 4.74. The molecule has 0 heterocycles. The van der Waals surface area contributed by atoms with E-state index in [1.807, 2.05) is 0 Å². The summed E-state index contributed by atoms with van der Waals surface area (Å²) >= 11 is 0. The smallest absolute Gasteiger partial charge is 0.315 e. The van der Waals surface area contributed by atoms with E-state index in [2.05, 4.69) is 17.6 Å². The van der Waals surface area contributed by atoms with Gasteiger partial charge in [0.15, 0.2) is 0 Å². The van der Waals surface area contributed by atoms with Crippen LogP contribution in [0.1, 0.15) is 45.4 Å². The Morgan fingerprint density at radius 3 is 2.55 bits per heavy atom. The minimum atomic E-state index is -0.796. The lowest BCUT2D eigenvalue weighted by atomic mass is 9.66. The highest BCUT2D eigenvalue weighted by atomic mass is 16.5. The number of carboxylic acids is 1. The highest BCUT2D eigenvalue weighted by molar-refractivity contribution is 5.74. The largest absolute Gasteiger partial charge is 0.481 e. The van der Waals surface area contributed by atoms with Gasteiger partial charge in [-0.25, -0.2) is 4.79 Å². The zero-order chi connectivity index (χ0) is 15.0. The van der Waals surface area contributed by atoms with Crippen LogP contribution in [0.25, 0.3) is 0 Å². The number of carboxylic acid groups (broad SMARTS) is 1. The molecule has 2 amide bonds. The second kappa shape index (κ2) is 8.09. The van der Waals surface area contributed by atoms with Crippen molar-refractivity contribution in [1.82, 2.24) is 10.6 Å². The summed E-state index contributed by atoms with van der Waals surface area (Å²) in [7, 11) is 1.61. The van der Waals surface area contributed by atoms with E-state index < -0.39 is 5.97 Å². The number of amides is 2. The first-order valence-electron chi connectivity index (χ1n) is 7.26. The molecule has 1 saturated carbocycles. The van der Waals surface area contributed by atoms with Crippen LogP contribution < -0.4 is 10.6 Å². The van der Waals surface area contributed by atoms with Crippen molar-refractivity contribution in [3.63, 3.8) is 0 Å². The highest BCUT2D eigenvalue weighted by Gasteiger charge is 2.39. The third-order valence-corrected chi connectivity index (χ3v) is 3.90. The van der Waals surface area contributed by atoms with Crippen molar-refractivity contribution in [3.05, 3.63) is 0 Å². The molecule has 1 atom stereocenters. The van der Waals surface area contributed by atoms with Gasteiger partial charge in [0.1, 0.15) is 0 Å². The minimum absolute atomic E-state index is 0.00168. The zero-order valence-electron chi connectivity index (χ0n) is 12.4. The van der Waals surface area contributed by atoms with E-state index in [0.717, 1.165) is 32.1 Å². The molecule has 0 radical (unpaired) electrons. The van der Waals surface area contributed by atoms with Crippen LogP contribution in [-0.4, -0.2) is 43.4 Å². The number of rotatable bonds is 9. The molecule has 1 fully saturated rings. The van der Waals surface area contributed by atoms with E-state index in [1.54, 1.807) is 7.11 Å². The van der Waals surface area contributed by atoms with Crippen LogP contribution in [0.2, 0.25) is 0 Å². The Morgan fingerprint density at radius 2 is 2.10 bits per heavy atom. The van der Waals surface area contributed by atoms with E-state index >= 15 is 0 Å². The molecule has 0 aliphatic heterocycles. The van der Waals surface area contributed by atoms with Gasteiger partial charge < -0.3 is 20.5 Å². The molecule has 0 bridgehead atoms. The van der Waals surface area contributed by atoms with Crippen molar-refractivity contribution in [2.24, 2.45) is 5.41 Å². The number of ether oxygens (including phenoxy) is 1. The fourth-order valence-corrected chi connectivity index (χ4v) is 2.66. The number of hydrogen-bond acceptors (Lipinski definition) is 3. The average Bonchev–Trinajstić information content (AvgIpc) is 2.32. The first-order chi connectivity index (χ1) is 9.51. The molecule has 116 valence electrons. The third-order valence-electron chi connectivity index (χ3n) is 3.90. The summed E-state index contributed by atoms with van der Waals surface area (Å²) in [4.78, 5) is 22.7. The first kappa shape index (κ1) is 16.8. The molecule has 0 spiro atoms. The second-order valence-corrected chi connectivity index (χ2v) is 5.69. The molecule has 0 aromatic heterocycles. The third kappa shape index (κ3) is 5.36. The maximum atomic E-state index is 11.9. The van der Waals surface area contributed by atoms with Crippen LogP contribution in [0, 0.1) is 5.41 Å². The Kier molecular flexibility index (Phi) is 6.78. The number of aliphatic carboxylic acids is 1. The molecule has 1 rings (SSSR count). The van der Waals surface area contributed by atoms with Gasteiger partial charge in [-0.15, -0.1) is 0 Å². The maximum Gasteiger partial charge on any atom is 0.315 e. The fraction of sp³-hybridized carbons (Fsp3) is 0.857. The van der Waals surface area contributed by atoms with Gasteiger partial charge in [0.2, 0.25) is 0 Å². The highest BCUT2D eigenvalue weighted by Crippen LogP contribution is 2.43. The molecule has 1 unspecified atom stereocenters.